The fourth-order valence-corrected chi connectivity index (χ4v) is 2.91. The predicted molar refractivity (Wildman–Crippen MR) is 63.0 cm³/mol. The summed E-state index contributed by atoms with van der Waals surface area (Å²) in [5.74, 6) is 4.47. The van der Waals surface area contributed by atoms with Gasteiger partial charge in [0, 0.05) is 6.07 Å². The maximum atomic E-state index is 13.2. The van der Waals surface area contributed by atoms with E-state index in [1.165, 1.54) is 12.1 Å². The van der Waals surface area contributed by atoms with Gasteiger partial charge in [-0.15, -0.1) is 0 Å². The molecule has 0 heterocycles. The maximum Gasteiger partial charge on any atom is 0.126 e. The van der Waals surface area contributed by atoms with Gasteiger partial charge in [0.05, 0.1) is 6.04 Å². The van der Waals surface area contributed by atoms with Gasteiger partial charge in [-0.2, -0.15) is 0 Å². The van der Waals surface area contributed by atoms with E-state index in [0.29, 0.717) is 5.56 Å². The van der Waals surface area contributed by atoms with Crippen LogP contribution in [0.2, 0.25) is 0 Å². The summed E-state index contributed by atoms with van der Waals surface area (Å²) in [5.41, 5.74) is 3.30. The molecule has 1 fully saturated rings. The molecule has 0 aliphatic heterocycles. The van der Waals surface area contributed by atoms with Crippen molar-refractivity contribution < 1.29 is 8.78 Å². The van der Waals surface area contributed by atoms with Crippen molar-refractivity contribution in [1.29, 1.82) is 0 Å². The number of benzene rings is 1. The summed E-state index contributed by atoms with van der Waals surface area (Å²) < 4.78 is 26.5. The van der Waals surface area contributed by atoms with Gasteiger partial charge >= 0.3 is 0 Å². The molecule has 2 rings (SSSR count). The Morgan fingerprint density at radius 1 is 1.18 bits per heavy atom. The van der Waals surface area contributed by atoms with Gasteiger partial charge in [0.15, 0.2) is 0 Å². The molecule has 94 valence electrons. The van der Waals surface area contributed by atoms with Crippen LogP contribution in [0.25, 0.3) is 0 Å². The lowest BCUT2D eigenvalue weighted by Crippen LogP contribution is -2.38. The molecule has 17 heavy (non-hydrogen) atoms. The molecule has 2 nitrogen and oxygen atoms in total. The highest BCUT2D eigenvalue weighted by Crippen LogP contribution is 2.46. The van der Waals surface area contributed by atoms with Crippen molar-refractivity contribution >= 4 is 0 Å². The summed E-state index contributed by atoms with van der Waals surface area (Å²) in [6.07, 6.45) is 4.35. The average molecular weight is 240 g/mol. The number of hydrogen-bond donors (Lipinski definition) is 2. The second kappa shape index (κ2) is 4.70. The highest BCUT2D eigenvalue weighted by Gasteiger charge is 2.37. The Bertz CT molecular complexity index is 380. The zero-order valence-corrected chi connectivity index (χ0v) is 9.97. The topological polar surface area (TPSA) is 38.0 Å². The van der Waals surface area contributed by atoms with Crippen molar-refractivity contribution in [2.75, 3.05) is 0 Å². The van der Waals surface area contributed by atoms with Crippen LogP contribution in [0.4, 0.5) is 8.78 Å². The maximum absolute atomic E-state index is 13.2. The van der Waals surface area contributed by atoms with Crippen LogP contribution in [0.3, 0.4) is 0 Å². The Morgan fingerprint density at radius 2 is 1.71 bits per heavy atom. The van der Waals surface area contributed by atoms with Gasteiger partial charge in [0.25, 0.3) is 0 Å². The quantitative estimate of drug-likeness (QED) is 0.629. The minimum absolute atomic E-state index is 0.0189. The molecule has 0 spiro atoms. The third-order valence-electron chi connectivity index (χ3n) is 3.83. The molecule has 1 saturated carbocycles. The average Bonchev–Trinajstić information content (AvgIpc) is 2.65. The molecule has 1 aromatic rings. The minimum atomic E-state index is -0.554. The minimum Gasteiger partial charge on any atom is -0.271 e. The van der Waals surface area contributed by atoms with E-state index in [-0.39, 0.29) is 11.5 Å². The second-order valence-electron chi connectivity index (χ2n) is 5.16. The van der Waals surface area contributed by atoms with Crippen LogP contribution in [-0.2, 0) is 0 Å². The van der Waals surface area contributed by atoms with Crippen LogP contribution in [0, 0.1) is 17.0 Å². The van der Waals surface area contributed by atoms with Crippen molar-refractivity contribution in [3.63, 3.8) is 0 Å². The van der Waals surface area contributed by atoms with Crippen LogP contribution in [0.5, 0.6) is 0 Å². The van der Waals surface area contributed by atoms with Crippen LogP contribution < -0.4 is 11.3 Å². The van der Waals surface area contributed by atoms with Gasteiger partial charge in [-0.05, 0) is 36.0 Å². The molecule has 0 amide bonds. The first-order chi connectivity index (χ1) is 8.05. The molecular weight excluding hydrogens is 222 g/mol. The Kier molecular flexibility index (Phi) is 3.45. The molecule has 0 saturated heterocycles. The lowest BCUT2D eigenvalue weighted by Gasteiger charge is -2.34. The summed E-state index contributed by atoms with van der Waals surface area (Å²) in [5, 5.41) is 0. The second-order valence-corrected chi connectivity index (χ2v) is 5.16. The number of hydrogen-bond acceptors (Lipinski definition) is 2. The molecule has 1 unspecified atom stereocenters. The van der Waals surface area contributed by atoms with E-state index < -0.39 is 11.6 Å². The Labute approximate surface area is 100 Å². The van der Waals surface area contributed by atoms with Crippen LogP contribution in [0.1, 0.15) is 44.2 Å². The Hall–Kier alpha value is -1.00. The fraction of sp³-hybridized carbons (Fsp3) is 0.538. The molecular formula is C13H18F2N2. The SMILES string of the molecule is CC1(C(NN)c2cc(F)cc(F)c2)CCCC1. The molecule has 0 aromatic heterocycles. The predicted octanol–water partition coefficient (Wildman–Crippen LogP) is 3.05. The van der Waals surface area contributed by atoms with Gasteiger partial charge in [0.1, 0.15) is 11.6 Å². The molecule has 1 aliphatic carbocycles. The molecule has 0 radical (unpaired) electrons. The van der Waals surface area contributed by atoms with Crippen LogP contribution in [0.15, 0.2) is 18.2 Å². The molecule has 1 aliphatic rings. The molecule has 1 atom stereocenters. The first kappa shape index (κ1) is 12.5. The van der Waals surface area contributed by atoms with Gasteiger partial charge in [-0.1, -0.05) is 19.8 Å². The summed E-state index contributed by atoms with van der Waals surface area (Å²) in [4.78, 5) is 0. The third kappa shape index (κ3) is 2.48. The van der Waals surface area contributed by atoms with Crippen molar-refractivity contribution in [3.05, 3.63) is 35.4 Å². The smallest absolute Gasteiger partial charge is 0.126 e. The lowest BCUT2D eigenvalue weighted by atomic mass is 9.77. The Balaban J connectivity index is 2.34. The fourth-order valence-electron chi connectivity index (χ4n) is 2.91. The summed E-state index contributed by atoms with van der Waals surface area (Å²) in [7, 11) is 0. The zero-order valence-electron chi connectivity index (χ0n) is 9.97. The molecule has 4 heteroatoms. The van der Waals surface area contributed by atoms with Crippen LogP contribution >= 0.6 is 0 Å². The standard InChI is InChI=1S/C13H18F2N2/c1-13(4-2-3-5-13)12(17-16)9-6-10(14)8-11(15)7-9/h6-8,12,17H,2-5,16H2,1H3. The van der Waals surface area contributed by atoms with E-state index >= 15 is 0 Å². The zero-order chi connectivity index (χ0) is 12.5. The number of halogens is 2. The van der Waals surface area contributed by atoms with Gasteiger partial charge < -0.3 is 0 Å². The highest BCUT2D eigenvalue weighted by molar-refractivity contribution is 5.23. The van der Waals surface area contributed by atoms with Gasteiger partial charge in [0.2, 0.25) is 0 Å². The van der Waals surface area contributed by atoms with E-state index in [4.69, 9.17) is 5.84 Å². The normalized spacial score (nSPS) is 20.5. The Morgan fingerprint density at radius 3 is 2.18 bits per heavy atom. The largest absolute Gasteiger partial charge is 0.271 e. The van der Waals surface area contributed by atoms with Crippen molar-refractivity contribution in [2.45, 2.75) is 38.6 Å². The van der Waals surface area contributed by atoms with Gasteiger partial charge in [-0.25, -0.2) is 8.78 Å². The number of nitrogens with one attached hydrogen (secondary N) is 1. The van der Waals surface area contributed by atoms with E-state index in [9.17, 15) is 8.78 Å². The van der Waals surface area contributed by atoms with E-state index in [1.807, 2.05) is 0 Å². The highest BCUT2D eigenvalue weighted by atomic mass is 19.1. The summed E-state index contributed by atoms with van der Waals surface area (Å²) in [6.45, 7) is 2.12. The number of rotatable bonds is 3. The third-order valence-corrected chi connectivity index (χ3v) is 3.83. The van der Waals surface area contributed by atoms with Crippen molar-refractivity contribution in [2.24, 2.45) is 11.3 Å². The van der Waals surface area contributed by atoms with Gasteiger partial charge in [-0.3, -0.25) is 11.3 Å². The first-order valence-corrected chi connectivity index (χ1v) is 5.97. The monoisotopic (exact) mass is 240 g/mol. The van der Waals surface area contributed by atoms with E-state index in [2.05, 4.69) is 12.3 Å². The summed E-state index contributed by atoms with van der Waals surface area (Å²) in [6, 6.07) is 3.40. The lowest BCUT2D eigenvalue weighted by molar-refractivity contribution is 0.224. The van der Waals surface area contributed by atoms with E-state index in [0.717, 1.165) is 31.7 Å². The number of hydrazine groups is 1. The summed E-state index contributed by atoms with van der Waals surface area (Å²) >= 11 is 0. The van der Waals surface area contributed by atoms with E-state index in [1.54, 1.807) is 0 Å². The first-order valence-electron chi connectivity index (χ1n) is 5.97. The van der Waals surface area contributed by atoms with Crippen molar-refractivity contribution in [1.82, 2.24) is 5.43 Å². The molecule has 0 bridgehead atoms. The molecule has 1 aromatic carbocycles. The van der Waals surface area contributed by atoms with Crippen molar-refractivity contribution in [3.8, 4) is 0 Å². The molecule has 3 N–H and O–H groups in total. The number of nitrogens with two attached hydrogens (primary N) is 1. The van der Waals surface area contributed by atoms with Crippen LogP contribution in [-0.4, -0.2) is 0 Å².